The van der Waals surface area contributed by atoms with Gasteiger partial charge in [0.25, 0.3) is 0 Å². The number of aryl methyl sites for hydroxylation is 1. The fourth-order valence-corrected chi connectivity index (χ4v) is 3.41. The molecule has 5 heteroatoms. The molecule has 4 rings (SSSR count). The highest BCUT2D eigenvalue weighted by molar-refractivity contribution is 5.85. The molecule has 0 N–H and O–H groups in total. The van der Waals surface area contributed by atoms with Gasteiger partial charge in [-0.3, -0.25) is 4.79 Å². The first kappa shape index (κ1) is 17.3. The number of nitrogens with zero attached hydrogens (tertiary/aromatic N) is 2. The molecule has 1 aliphatic heterocycles. The number of carbonyl (C=O) groups excluding carboxylic acids is 1. The van der Waals surface area contributed by atoms with Crippen LogP contribution in [0.15, 0.2) is 65.2 Å². The van der Waals surface area contributed by atoms with E-state index in [0.717, 1.165) is 41.2 Å². The highest BCUT2D eigenvalue weighted by atomic mass is 16.5. The zero-order chi connectivity index (χ0) is 18.6. The summed E-state index contributed by atoms with van der Waals surface area (Å²) in [5.41, 5.74) is 2.87. The third-order valence-corrected chi connectivity index (χ3v) is 4.92. The molecule has 0 spiro atoms. The number of aromatic nitrogens is 1. The fourth-order valence-electron chi connectivity index (χ4n) is 3.41. The number of likely N-dealkylation sites (N-methyl/N-ethyl adjacent to an activating group) is 1. The van der Waals surface area contributed by atoms with Crippen molar-refractivity contribution in [1.29, 1.82) is 0 Å². The molecule has 0 bridgehead atoms. The molecule has 5 nitrogen and oxygen atoms in total. The maximum absolute atomic E-state index is 12.7. The van der Waals surface area contributed by atoms with Crippen LogP contribution in [0.25, 0.3) is 11.3 Å². The molecule has 0 aliphatic carbocycles. The topological polar surface area (TPSA) is 55.6 Å². The number of hydrogen-bond acceptors (Lipinski definition) is 4. The number of fused-ring (bicyclic) bond motifs is 1. The highest BCUT2D eigenvalue weighted by Gasteiger charge is 2.31. The van der Waals surface area contributed by atoms with Gasteiger partial charge in [0.1, 0.15) is 29.7 Å². The molecule has 2 heterocycles. The van der Waals surface area contributed by atoms with E-state index in [4.69, 9.17) is 9.26 Å². The second-order valence-electron chi connectivity index (χ2n) is 6.81. The molecular formula is C22H22N2O3. The van der Waals surface area contributed by atoms with Crippen molar-refractivity contribution in [2.75, 3.05) is 20.2 Å². The quantitative estimate of drug-likeness (QED) is 0.667. The van der Waals surface area contributed by atoms with Crippen molar-refractivity contribution in [1.82, 2.24) is 10.1 Å². The van der Waals surface area contributed by atoms with E-state index >= 15 is 0 Å². The van der Waals surface area contributed by atoms with Crippen LogP contribution in [0, 0.1) is 0 Å². The van der Waals surface area contributed by atoms with Crippen molar-refractivity contribution in [2.45, 2.75) is 18.8 Å². The van der Waals surface area contributed by atoms with Crippen molar-refractivity contribution in [2.24, 2.45) is 0 Å². The predicted octanol–water partition coefficient (Wildman–Crippen LogP) is 3.91. The number of ether oxygens (including phenoxy) is 1. The summed E-state index contributed by atoms with van der Waals surface area (Å²) in [5.74, 6) is 1.55. The van der Waals surface area contributed by atoms with Crippen LogP contribution >= 0.6 is 0 Å². The van der Waals surface area contributed by atoms with E-state index in [-0.39, 0.29) is 11.8 Å². The van der Waals surface area contributed by atoms with Crippen molar-refractivity contribution >= 4 is 5.91 Å². The maximum Gasteiger partial charge on any atom is 0.233 e. The van der Waals surface area contributed by atoms with E-state index in [9.17, 15) is 4.79 Å². The Kier molecular flexibility index (Phi) is 4.92. The summed E-state index contributed by atoms with van der Waals surface area (Å²) in [4.78, 5) is 14.5. The van der Waals surface area contributed by atoms with E-state index in [2.05, 4.69) is 5.16 Å². The Balaban J connectivity index is 1.31. The van der Waals surface area contributed by atoms with Crippen molar-refractivity contribution in [3.63, 3.8) is 0 Å². The minimum Gasteiger partial charge on any atom is -0.492 e. The standard InChI is InChI=1S/C22H22N2O3/c1-24(22(25)19-15-26-21-12-6-5-11-18(19)21)13-7-10-17-14-20(23-27-17)16-8-3-2-4-9-16/h2-6,8-9,11-12,14,19H,7,10,13,15H2,1H3. The minimum absolute atomic E-state index is 0.0995. The monoisotopic (exact) mass is 362 g/mol. The molecule has 1 unspecified atom stereocenters. The number of carbonyl (C=O) groups is 1. The molecule has 1 aliphatic rings. The Morgan fingerprint density at radius 1 is 1.15 bits per heavy atom. The molecule has 3 aromatic rings. The summed E-state index contributed by atoms with van der Waals surface area (Å²) in [6, 6.07) is 19.7. The second-order valence-corrected chi connectivity index (χ2v) is 6.81. The average molecular weight is 362 g/mol. The predicted molar refractivity (Wildman–Crippen MR) is 103 cm³/mol. The van der Waals surface area contributed by atoms with Gasteiger partial charge >= 0.3 is 0 Å². The van der Waals surface area contributed by atoms with Crippen molar-refractivity contribution < 1.29 is 14.1 Å². The van der Waals surface area contributed by atoms with Gasteiger partial charge in [-0.1, -0.05) is 53.7 Å². The van der Waals surface area contributed by atoms with Gasteiger partial charge in [0.05, 0.1) is 0 Å². The van der Waals surface area contributed by atoms with Gasteiger partial charge in [-0.2, -0.15) is 0 Å². The van der Waals surface area contributed by atoms with Gasteiger partial charge in [-0.15, -0.1) is 0 Å². The molecule has 1 aromatic heterocycles. The van der Waals surface area contributed by atoms with Gasteiger partial charge in [0.15, 0.2) is 0 Å². The first-order valence-electron chi connectivity index (χ1n) is 9.20. The largest absolute Gasteiger partial charge is 0.492 e. The fraction of sp³-hybridized carbons (Fsp3) is 0.273. The molecule has 138 valence electrons. The van der Waals surface area contributed by atoms with Gasteiger partial charge < -0.3 is 14.2 Å². The van der Waals surface area contributed by atoms with Crippen LogP contribution in [0.4, 0.5) is 0 Å². The molecule has 0 radical (unpaired) electrons. The lowest BCUT2D eigenvalue weighted by Crippen LogP contribution is -2.33. The zero-order valence-electron chi connectivity index (χ0n) is 15.3. The molecule has 1 atom stereocenters. The van der Waals surface area contributed by atoms with E-state index in [1.54, 1.807) is 4.90 Å². The number of benzene rings is 2. The SMILES string of the molecule is CN(CCCc1cc(-c2ccccc2)no1)C(=O)C1COc2ccccc21. The third kappa shape index (κ3) is 3.72. The molecule has 0 saturated carbocycles. The lowest BCUT2D eigenvalue weighted by molar-refractivity contribution is -0.131. The normalized spacial score (nSPS) is 15.2. The summed E-state index contributed by atoms with van der Waals surface area (Å²) in [6.07, 6.45) is 1.57. The van der Waals surface area contributed by atoms with Gasteiger partial charge in [-0.05, 0) is 12.5 Å². The van der Waals surface area contributed by atoms with Crippen LogP contribution in [0.1, 0.15) is 23.7 Å². The molecule has 27 heavy (non-hydrogen) atoms. The summed E-state index contributed by atoms with van der Waals surface area (Å²) in [7, 11) is 1.85. The van der Waals surface area contributed by atoms with Crippen LogP contribution in [0.5, 0.6) is 5.75 Å². The van der Waals surface area contributed by atoms with E-state index in [1.807, 2.05) is 67.7 Å². The van der Waals surface area contributed by atoms with Crippen LogP contribution < -0.4 is 4.74 Å². The molecular weight excluding hydrogens is 340 g/mol. The van der Waals surface area contributed by atoms with Gasteiger partial charge in [-0.25, -0.2) is 0 Å². The number of amides is 1. The minimum atomic E-state index is -0.207. The van der Waals surface area contributed by atoms with Crippen LogP contribution in [0.3, 0.4) is 0 Å². The Bertz CT molecular complexity index is 920. The molecule has 0 fully saturated rings. The molecule has 0 saturated heterocycles. The lowest BCUT2D eigenvalue weighted by Gasteiger charge is -2.20. The van der Waals surface area contributed by atoms with E-state index < -0.39 is 0 Å². The Morgan fingerprint density at radius 2 is 1.93 bits per heavy atom. The maximum atomic E-state index is 12.7. The van der Waals surface area contributed by atoms with Crippen molar-refractivity contribution in [3.8, 4) is 17.0 Å². The average Bonchev–Trinajstić information content (AvgIpc) is 3.35. The second kappa shape index (κ2) is 7.66. The van der Waals surface area contributed by atoms with Gasteiger partial charge in [0, 0.05) is 37.2 Å². The van der Waals surface area contributed by atoms with Crippen LogP contribution in [0.2, 0.25) is 0 Å². The number of para-hydroxylation sites is 1. The summed E-state index contributed by atoms with van der Waals surface area (Å²) < 4.78 is 11.1. The Hall–Kier alpha value is -3.08. The third-order valence-electron chi connectivity index (χ3n) is 4.92. The van der Waals surface area contributed by atoms with Crippen LogP contribution in [-0.4, -0.2) is 36.2 Å². The van der Waals surface area contributed by atoms with E-state index in [0.29, 0.717) is 13.2 Å². The number of rotatable bonds is 6. The zero-order valence-corrected chi connectivity index (χ0v) is 15.3. The summed E-state index contributed by atoms with van der Waals surface area (Å²) in [6.45, 7) is 1.09. The van der Waals surface area contributed by atoms with Gasteiger partial charge in [0.2, 0.25) is 5.91 Å². The highest BCUT2D eigenvalue weighted by Crippen LogP contribution is 2.34. The lowest BCUT2D eigenvalue weighted by atomic mass is 10.00. The molecule has 2 aromatic carbocycles. The van der Waals surface area contributed by atoms with Crippen LogP contribution in [-0.2, 0) is 11.2 Å². The number of hydrogen-bond donors (Lipinski definition) is 0. The van der Waals surface area contributed by atoms with E-state index in [1.165, 1.54) is 0 Å². The Morgan fingerprint density at radius 3 is 2.78 bits per heavy atom. The first-order valence-corrected chi connectivity index (χ1v) is 9.20. The van der Waals surface area contributed by atoms with Crippen molar-refractivity contribution in [3.05, 3.63) is 72.0 Å². The smallest absolute Gasteiger partial charge is 0.233 e. The molecule has 1 amide bonds. The first-order chi connectivity index (χ1) is 13.2. The summed E-state index contributed by atoms with van der Waals surface area (Å²) >= 11 is 0. The Labute approximate surface area is 158 Å². The summed E-state index contributed by atoms with van der Waals surface area (Å²) in [5, 5.41) is 4.14.